The first-order chi connectivity index (χ1) is 12.1. The number of ether oxygens (including phenoxy) is 2. The van der Waals surface area contributed by atoms with E-state index in [-0.39, 0.29) is 11.9 Å². The van der Waals surface area contributed by atoms with Crippen LogP contribution >= 0.6 is 0 Å². The third-order valence-corrected chi connectivity index (χ3v) is 4.84. The second-order valence-electron chi connectivity index (χ2n) is 6.44. The Hall–Kier alpha value is -2.44. The summed E-state index contributed by atoms with van der Waals surface area (Å²) in [5, 5.41) is 5.72. The van der Waals surface area contributed by atoms with E-state index in [1.807, 2.05) is 12.1 Å². The summed E-state index contributed by atoms with van der Waals surface area (Å²) in [5.74, 6) is 1.27. The van der Waals surface area contributed by atoms with Crippen molar-refractivity contribution >= 4 is 11.9 Å². The number of carbonyl (C=O) groups is 2. The Morgan fingerprint density at radius 3 is 2.64 bits per heavy atom. The number of nitrogens with zero attached hydrogens (tertiary/aromatic N) is 1. The molecule has 1 aromatic carbocycles. The maximum atomic E-state index is 12.6. The van der Waals surface area contributed by atoms with Crippen LogP contribution < -0.4 is 20.1 Å². The van der Waals surface area contributed by atoms with Crippen molar-refractivity contribution in [2.24, 2.45) is 0 Å². The fourth-order valence-electron chi connectivity index (χ4n) is 3.37. The molecule has 2 heterocycles. The van der Waals surface area contributed by atoms with Gasteiger partial charge in [0.05, 0.1) is 14.2 Å². The van der Waals surface area contributed by atoms with Crippen LogP contribution in [0.15, 0.2) is 12.1 Å². The molecule has 0 aromatic heterocycles. The summed E-state index contributed by atoms with van der Waals surface area (Å²) in [5.41, 5.74) is 2.21. The molecule has 1 aromatic rings. The van der Waals surface area contributed by atoms with Crippen LogP contribution in [0.3, 0.4) is 0 Å². The number of nitrogens with one attached hydrogen (secondary N) is 2. The van der Waals surface area contributed by atoms with E-state index in [2.05, 4.69) is 10.6 Å². The summed E-state index contributed by atoms with van der Waals surface area (Å²) in [4.78, 5) is 26.3. The van der Waals surface area contributed by atoms with Crippen molar-refractivity contribution in [3.8, 4) is 11.5 Å². The van der Waals surface area contributed by atoms with Gasteiger partial charge in [-0.15, -0.1) is 0 Å². The van der Waals surface area contributed by atoms with Gasteiger partial charge in [-0.05, 0) is 48.9 Å². The Labute approximate surface area is 147 Å². The first kappa shape index (κ1) is 17.4. The molecule has 0 spiro atoms. The number of rotatable bonds is 3. The summed E-state index contributed by atoms with van der Waals surface area (Å²) >= 11 is 0. The lowest BCUT2D eigenvalue weighted by atomic mass is 9.99. The third-order valence-electron chi connectivity index (χ3n) is 4.84. The van der Waals surface area contributed by atoms with E-state index in [9.17, 15) is 9.59 Å². The van der Waals surface area contributed by atoms with Crippen LogP contribution in [0.25, 0.3) is 0 Å². The minimum absolute atomic E-state index is 0.0883. The van der Waals surface area contributed by atoms with Crippen molar-refractivity contribution in [3.05, 3.63) is 23.3 Å². The number of methoxy groups -OCH3 is 2. The molecule has 2 N–H and O–H groups in total. The standard InChI is InChI=1S/C18H25N3O4/c1-24-15-9-12-6-8-21(11-13(12)10-16(15)25-2)18(23)20-14-5-3-4-7-19-17(14)22/h9-10,14H,3-8,11H2,1-2H3,(H,19,22)(H,20,23)/t14-/m0/s1. The van der Waals surface area contributed by atoms with E-state index in [0.717, 1.165) is 30.4 Å². The first-order valence-corrected chi connectivity index (χ1v) is 8.69. The van der Waals surface area contributed by atoms with Crippen molar-refractivity contribution in [2.75, 3.05) is 27.3 Å². The number of amides is 3. The van der Waals surface area contributed by atoms with Gasteiger partial charge in [-0.25, -0.2) is 4.79 Å². The predicted octanol–water partition coefficient (Wildman–Crippen LogP) is 1.44. The lowest BCUT2D eigenvalue weighted by Gasteiger charge is -2.31. The van der Waals surface area contributed by atoms with Crippen LogP contribution in [0, 0.1) is 0 Å². The summed E-state index contributed by atoms with van der Waals surface area (Å²) in [6.07, 6.45) is 3.33. The normalized spacial score (nSPS) is 20.2. The molecular formula is C18H25N3O4. The Morgan fingerprint density at radius 1 is 1.20 bits per heavy atom. The van der Waals surface area contributed by atoms with Gasteiger partial charge in [0.15, 0.2) is 11.5 Å². The zero-order valence-corrected chi connectivity index (χ0v) is 14.8. The molecule has 0 radical (unpaired) electrons. The SMILES string of the molecule is COc1cc2c(cc1OC)CN(C(=O)N[C@H]1CCCCNC1=O)CC2. The van der Waals surface area contributed by atoms with E-state index in [4.69, 9.17) is 9.47 Å². The Morgan fingerprint density at radius 2 is 1.92 bits per heavy atom. The molecule has 7 nitrogen and oxygen atoms in total. The zero-order chi connectivity index (χ0) is 17.8. The van der Waals surface area contributed by atoms with Gasteiger partial charge >= 0.3 is 6.03 Å². The molecule has 0 saturated carbocycles. The van der Waals surface area contributed by atoms with E-state index < -0.39 is 6.04 Å². The second-order valence-corrected chi connectivity index (χ2v) is 6.44. The average molecular weight is 347 g/mol. The molecule has 2 aliphatic heterocycles. The van der Waals surface area contributed by atoms with Gasteiger partial charge in [-0.3, -0.25) is 4.79 Å². The average Bonchev–Trinajstić information content (AvgIpc) is 2.84. The molecule has 1 fully saturated rings. The third kappa shape index (κ3) is 3.81. The van der Waals surface area contributed by atoms with Crippen LogP contribution in [-0.2, 0) is 17.8 Å². The van der Waals surface area contributed by atoms with Crippen LogP contribution in [0.1, 0.15) is 30.4 Å². The molecule has 0 unspecified atom stereocenters. The molecule has 0 aliphatic carbocycles. The summed E-state index contributed by atoms with van der Waals surface area (Å²) in [7, 11) is 3.22. The number of benzene rings is 1. The highest BCUT2D eigenvalue weighted by Crippen LogP contribution is 2.33. The minimum Gasteiger partial charge on any atom is -0.493 e. The highest BCUT2D eigenvalue weighted by molar-refractivity contribution is 5.87. The van der Waals surface area contributed by atoms with Gasteiger partial charge in [0.1, 0.15) is 6.04 Å². The lowest BCUT2D eigenvalue weighted by Crippen LogP contribution is -2.51. The monoisotopic (exact) mass is 347 g/mol. The van der Waals surface area contributed by atoms with Crippen molar-refractivity contribution < 1.29 is 19.1 Å². The summed E-state index contributed by atoms with van der Waals surface area (Å²) in [6.45, 7) is 1.79. The second kappa shape index (κ2) is 7.63. The van der Waals surface area contributed by atoms with Crippen LogP contribution in [0.2, 0.25) is 0 Å². The fourth-order valence-corrected chi connectivity index (χ4v) is 3.37. The molecule has 3 amide bonds. The smallest absolute Gasteiger partial charge is 0.318 e. The van der Waals surface area contributed by atoms with Crippen LogP contribution in [-0.4, -0.2) is 50.2 Å². The molecule has 1 saturated heterocycles. The summed E-state index contributed by atoms with van der Waals surface area (Å²) in [6, 6.07) is 3.26. The quantitative estimate of drug-likeness (QED) is 0.867. The molecule has 1 atom stereocenters. The van der Waals surface area contributed by atoms with E-state index >= 15 is 0 Å². The van der Waals surface area contributed by atoms with Crippen molar-refractivity contribution in [1.82, 2.24) is 15.5 Å². The van der Waals surface area contributed by atoms with Gasteiger partial charge in [0.2, 0.25) is 5.91 Å². The van der Waals surface area contributed by atoms with Gasteiger partial charge in [0.25, 0.3) is 0 Å². The minimum atomic E-state index is -0.443. The Bertz CT molecular complexity index is 662. The predicted molar refractivity (Wildman–Crippen MR) is 92.8 cm³/mol. The Kier molecular flexibility index (Phi) is 5.31. The highest BCUT2D eigenvalue weighted by atomic mass is 16.5. The van der Waals surface area contributed by atoms with Crippen molar-refractivity contribution in [2.45, 2.75) is 38.3 Å². The fraction of sp³-hybridized carbons (Fsp3) is 0.556. The molecule has 25 heavy (non-hydrogen) atoms. The number of hydrogen-bond acceptors (Lipinski definition) is 4. The zero-order valence-electron chi connectivity index (χ0n) is 14.8. The van der Waals surface area contributed by atoms with E-state index in [1.165, 1.54) is 0 Å². The number of hydrogen-bond donors (Lipinski definition) is 2. The van der Waals surface area contributed by atoms with Crippen LogP contribution in [0.4, 0.5) is 4.79 Å². The van der Waals surface area contributed by atoms with E-state index in [0.29, 0.717) is 37.6 Å². The van der Waals surface area contributed by atoms with E-state index in [1.54, 1.807) is 19.1 Å². The lowest BCUT2D eigenvalue weighted by molar-refractivity contribution is -0.122. The molecule has 0 bridgehead atoms. The maximum absolute atomic E-state index is 12.6. The first-order valence-electron chi connectivity index (χ1n) is 8.69. The molecule has 136 valence electrons. The van der Waals surface area contributed by atoms with Crippen LogP contribution in [0.5, 0.6) is 11.5 Å². The topological polar surface area (TPSA) is 79.9 Å². The summed E-state index contributed by atoms with van der Waals surface area (Å²) < 4.78 is 10.7. The largest absolute Gasteiger partial charge is 0.493 e. The van der Waals surface area contributed by atoms with Gasteiger partial charge < -0.3 is 25.0 Å². The van der Waals surface area contributed by atoms with Crippen molar-refractivity contribution in [3.63, 3.8) is 0 Å². The number of urea groups is 1. The highest BCUT2D eigenvalue weighted by Gasteiger charge is 2.27. The Balaban J connectivity index is 1.69. The van der Waals surface area contributed by atoms with Crippen molar-refractivity contribution in [1.29, 1.82) is 0 Å². The van der Waals surface area contributed by atoms with Gasteiger partial charge in [-0.2, -0.15) is 0 Å². The molecule has 7 heteroatoms. The molecule has 3 rings (SSSR count). The molecule has 2 aliphatic rings. The van der Waals surface area contributed by atoms with Gasteiger partial charge in [-0.1, -0.05) is 0 Å². The van der Waals surface area contributed by atoms with Gasteiger partial charge in [0, 0.05) is 19.6 Å². The number of carbonyl (C=O) groups excluding carboxylic acids is 2. The number of fused-ring (bicyclic) bond motifs is 1. The maximum Gasteiger partial charge on any atom is 0.318 e. The molecular weight excluding hydrogens is 322 g/mol.